The van der Waals surface area contributed by atoms with Crippen molar-refractivity contribution in [3.05, 3.63) is 56.5 Å². The molecular formula is C23H26Cl4N2O4. The predicted molar refractivity (Wildman–Crippen MR) is 133 cm³/mol. The third-order valence-corrected chi connectivity index (χ3v) is 5.56. The maximum Gasteiger partial charge on any atom is 0.257 e. The van der Waals surface area contributed by atoms with Crippen molar-refractivity contribution in [2.24, 2.45) is 0 Å². The Morgan fingerprint density at radius 2 is 1.03 bits per heavy atom. The summed E-state index contributed by atoms with van der Waals surface area (Å²) in [6, 6.07) is 9.68. The molecule has 33 heavy (non-hydrogen) atoms. The van der Waals surface area contributed by atoms with Crippen LogP contribution < -0.4 is 20.1 Å². The van der Waals surface area contributed by atoms with Crippen LogP contribution in [0.15, 0.2) is 36.4 Å². The van der Waals surface area contributed by atoms with Crippen LogP contribution in [0.25, 0.3) is 0 Å². The van der Waals surface area contributed by atoms with Gasteiger partial charge in [-0.15, -0.1) is 0 Å². The zero-order valence-corrected chi connectivity index (χ0v) is 21.0. The van der Waals surface area contributed by atoms with Crippen molar-refractivity contribution in [2.45, 2.75) is 32.1 Å². The number of ether oxygens (including phenoxy) is 2. The smallest absolute Gasteiger partial charge is 0.257 e. The highest BCUT2D eigenvalue weighted by atomic mass is 35.5. The van der Waals surface area contributed by atoms with Crippen molar-refractivity contribution in [3.8, 4) is 11.5 Å². The third kappa shape index (κ3) is 11.2. The first-order chi connectivity index (χ1) is 15.8. The summed E-state index contributed by atoms with van der Waals surface area (Å²) in [5.74, 6) is 0.434. The largest absolute Gasteiger partial charge is 0.482 e. The molecule has 0 radical (unpaired) electrons. The number of unbranched alkanes of at least 4 members (excludes halogenated alkanes) is 4. The summed E-state index contributed by atoms with van der Waals surface area (Å²) >= 11 is 23.6. The van der Waals surface area contributed by atoms with E-state index in [1.165, 1.54) is 0 Å². The molecule has 2 N–H and O–H groups in total. The first kappa shape index (κ1) is 27.4. The fourth-order valence-corrected chi connectivity index (χ4v) is 3.74. The van der Waals surface area contributed by atoms with Gasteiger partial charge in [-0.1, -0.05) is 65.7 Å². The first-order valence-corrected chi connectivity index (χ1v) is 12.1. The molecule has 0 aliphatic heterocycles. The summed E-state index contributed by atoms with van der Waals surface area (Å²) in [4.78, 5) is 23.7. The minimum Gasteiger partial charge on any atom is -0.482 e. The minimum atomic E-state index is -0.203. The number of hydrogen-bond donors (Lipinski definition) is 2. The predicted octanol–water partition coefficient (Wildman–Crippen LogP) is 5.94. The van der Waals surface area contributed by atoms with Crippen LogP contribution in [0, 0.1) is 0 Å². The number of carbonyl (C=O) groups is 2. The van der Waals surface area contributed by atoms with Crippen LogP contribution in [0.1, 0.15) is 32.1 Å². The molecule has 2 rings (SSSR count). The van der Waals surface area contributed by atoms with Crippen molar-refractivity contribution < 1.29 is 19.1 Å². The minimum absolute atomic E-state index is 0.102. The standard InChI is InChI=1S/C23H26Cl4N2O4/c24-16-6-8-20(18(26)12-16)32-14-22(30)28-10-4-2-1-3-5-11-29-23(31)15-33-21-9-7-17(25)13-19(21)27/h6-9,12-13H,1-5,10-11,14-15H2,(H,28,30)(H,29,31). The second kappa shape index (κ2) is 15.1. The molecule has 0 saturated heterocycles. The highest BCUT2D eigenvalue weighted by Crippen LogP contribution is 2.28. The van der Waals surface area contributed by atoms with Crippen molar-refractivity contribution in [1.82, 2.24) is 10.6 Å². The van der Waals surface area contributed by atoms with E-state index in [9.17, 15) is 9.59 Å². The van der Waals surface area contributed by atoms with Gasteiger partial charge in [0.1, 0.15) is 11.5 Å². The third-order valence-electron chi connectivity index (χ3n) is 4.50. The lowest BCUT2D eigenvalue weighted by atomic mass is 10.1. The average Bonchev–Trinajstić information content (AvgIpc) is 2.76. The van der Waals surface area contributed by atoms with Crippen LogP contribution in [0.4, 0.5) is 0 Å². The molecule has 10 heteroatoms. The number of nitrogens with one attached hydrogen (secondary N) is 2. The van der Waals surface area contributed by atoms with Gasteiger partial charge in [-0.3, -0.25) is 9.59 Å². The Bertz CT molecular complexity index is 854. The van der Waals surface area contributed by atoms with Gasteiger partial charge in [0.25, 0.3) is 11.8 Å². The monoisotopic (exact) mass is 534 g/mol. The zero-order valence-electron chi connectivity index (χ0n) is 18.0. The molecule has 2 aromatic carbocycles. The summed E-state index contributed by atoms with van der Waals surface area (Å²) in [5, 5.41) is 7.37. The Balaban J connectivity index is 1.43. The van der Waals surface area contributed by atoms with Gasteiger partial charge in [-0.25, -0.2) is 0 Å². The second-order valence-corrected chi connectivity index (χ2v) is 8.88. The summed E-state index contributed by atoms with van der Waals surface area (Å²) in [7, 11) is 0. The molecule has 0 aliphatic carbocycles. The van der Waals surface area contributed by atoms with Crippen molar-refractivity contribution >= 4 is 58.2 Å². The van der Waals surface area contributed by atoms with E-state index >= 15 is 0 Å². The van der Waals surface area contributed by atoms with Crippen LogP contribution in [0.3, 0.4) is 0 Å². The Hall–Kier alpha value is -1.86. The van der Waals surface area contributed by atoms with Gasteiger partial charge in [0, 0.05) is 23.1 Å². The molecule has 180 valence electrons. The topological polar surface area (TPSA) is 76.7 Å². The number of halogens is 4. The molecule has 0 aromatic heterocycles. The molecular weight excluding hydrogens is 510 g/mol. The summed E-state index contributed by atoms with van der Waals surface area (Å²) in [5.41, 5.74) is 0. The molecule has 0 spiro atoms. The number of hydrogen-bond acceptors (Lipinski definition) is 4. The van der Waals surface area contributed by atoms with E-state index in [1.54, 1.807) is 36.4 Å². The zero-order chi connectivity index (χ0) is 24.1. The maximum atomic E-state index is 11.8. The van der Waals surface area contributed by atoms with Gasteiger partial charge >= 0.3 is 0 Å². The van der Waals surface area contributed by atoms with Gasteiger partial charge in [0.05, 0.1) is 10.0 Å². The normalized spacial score (nSPS) is 10.5. The van der Waals surface area contributed by atoms with Gasteiger partial charge in [-0.05, 0) is 49.2 Å². The fourth-order valence-electron chi connectivity index (χ4n) is 2.81. The molecule has 0 bridgehead atoms. The van der Waals surface area contributed by atoms with E-state index < -0.39 is 0 Å². The molecule has 2 aromatic rings. The second-order valence-electron chi connectivity index (χ2n) is 7.19. The van der Waals surface area contributed by atoms with Crippen molar-refractivity contribution in [2.75, 3.05) is 26.3 Å². The fraction of sp³-hybridized carbons (Fsp3) is 0.391. The summed E-state index contributed by atoms with van der Waals surface area (Å²) in [6.45, 7) is 0.958. The number of amides is 2. The Morgan fingerprint density at radius 3 is 1.42 bits per heavy atom. The van der Waals surface area contributed by atoms with Gasteiger partial charge < -0.3 is 20.1 Å². The Kier molecular flexibility index (Phi) is 12.5. The van der Waals surface area contributed by atoms with E-state index in [0.29, 0.717) is 44.7 Å². The van der Waals surface area contributed by atoms with E-state index in [4.69, 9.17) is 55.9 Å². The van der Waals surface area contributed by atoms with Crippen LogP contribution in [-0.4, -0.2) is 38.1 Å². The number of rotatable bonds is 14. The molecule has 0 fully saturated rings. The lowest BCUT2D eigenvalue weighted by Crippen LogP contribution is -2.30. The van der Waals surface area contributed by atoms with Crippen molar-refractivity contribution in [3.63, 3.8) is 0 Å². The van der Waals surface area contributed by atoms with E-state index in [1.807, 2.05) is 0 Å². The van der Waals surface area contributed by atoms with Crippen molar-refractivity contribution in [1.29, 1.82) is 0 Å². The quantitative estimate of drug-likeness (QED) is 0.293. The highest BCUT2D eigenvalue weighted by molar-refractivity contribution is 6.36. The highest BCUT2D eigenvalue weighted by Gasteiger charge is 2.07. The van der Waals surface area contributed by atoms with Gasteiger partial charge in [0.15, 0.2) is 13.2 Å². The lowest BCUT2D eigenvalue weighted by Gasteiger charge is -2.09. The van der Waals surface area contributed by atoms with E-state index in [0.717, 1.165) is 32.1 Å². The summed E-state index contributed by atoms with van der Waals surface area (Å²) < 4.78 is 10.8. The molecule has 0 unspecified atom stereocenters. The molecule has 0 atom stereocenters. The van der Waals surface area contributed by atoms with Crippen LogP contribution >= 0.6 is 46.4 Å². The number of carbonyl (C=O) groups excluding carboxylic acids is 2. The Labute approximate surface area is 213 Å². The van der Waals surface area contributed by atoms with Crippen LogP contribution in [-0.2, 0) is 9.59 Å². The molecule has 0 heterocycles. The summed E-state index contributed by atoms with van der Waals surface area (Å²) in [6.07, 6.45) is 4.72. The Morgan fingerprint density at radius 1 is 0.636 bits per heavy atom. The molecule has 0 aliphatic rings. The average molecular weight is 536 g/mol. The van der Waals surface area contributed by atoms with E-state index in [-0.39, 0.29) is 25.0 Å². The van der Waals surface area contributed by atoms with Gasteiger partial charge in [-0.2, -0.15) is 0 Å². The maximum absolute atomic E-state index is 11.8. The first-order valence-electron chi connectivity index (χ1n) is 10.5. The van der Waals surface area contributed by atoms with Gasteiger partial charge in [0.2, 0.25) is 0 Å². The SMILES string of the molecule is O=C(COc1ccc(Cl)cc1Cl)NCCCCCCCNC(=O)COc1ccc(Cl)cc1Cl. The van der Waals surface area contributed by atoms with E-state index in [2.05, 4.69) is 10.6 Å². The van der Waals surface area contributed by atoms with Crippen LogP contribution in [0.2, 0.25) is 20.1 Å². The number of benzene rings is 2. The molecule has 0 saturated carbocycles. The molecule has 2 amide bonds. The van der Waals surface area contributed by atoms with Crippen LogP contribution in [0.5, 0.6) is 11.5 Å². The molecule has 6 nitrogen and oxygen atoms in total. The lowest BCUT2D eigenvalue weighted by molar-refractivity contribution is -0.123.